The second kappa shape index (κ2) is 14.1. The first-order valence-electron chi connectivity index (χ1n) is 14.4. The number of esters is 1. The van der Waals surface area contributed by atoms with Crippen molar-refractivity contribution < 1.29 is 37.1 Å². The van der Waals surface area contributed by atoms with Gasteiger partial charge in [0.1, 0.15) is 7.11 Å². The van der Waals surface area contributed by atoms with E-state index in [9.17, 15) is 22.8 Å². The minimum atomic E-state index is -4.63. The van der Waals surface area contributed by atoms with E-state index in [0.717, 1.165) is 37.0 Å². The molecule has 43 heavy (non-hydrogen) atoms. The van der Waals surface area contributed by atoms with Crippen molar-refractivity contribution in [2.75, 3.05) is 51.5 Å². The van der Waals surface area contributed by atoms with Crippen molar-refractivity contribution in [1.29, 1.82) is 0 Å². The summed E-state index contributed by atoms with van der Waals surface area (Å²) in [5, 5.41) is 7.01. The average molecular weight is 602 g/mol. The lowest BCUT2D eigenvalue weighted by Gasteiger charge is -2.28. The van der Waals surface area contributed by atoms with Crippen LogP contribution in [0.5, 0.6) is 0 Å². The summed E-state index contributed by atoms with van der Waals surface area (Å²) in [7, 11) is 1.44. The van der Waals surface area contributed by atoms with Crippen LogP contribution in [0.15, 0.2) is 53.2 Å². The number of oxime groups is 1. The van der Waals surface area contributed by atoms with Gasteiger partial charge >= 0.3 is 12.1 Å². The number of hydrogen-bond acceptors (Lipinski definition) is 7. The number of carbonyl (C=O) groups is 2. The molecule has 0 bridgehead atoms. The highest BCUT2D eigenvalue weighted by Crippen LogP contribution is 2.32. The number of carbonyl (C=O) groups excluding carboxylic acids is 2. The molecule has 0 saturated carbocycles. The summed E-state index contributed by atoms with van der Waals surface area (Å²) in [5.74, 6) is -1.20. The van der Waals surface area contributed by atoms with Crippen molar-refractivity contribution in [3.8, 4) is 0 Å². The summed E-state index contributed by atoms with van der Waals surface area (Å²) < 4.78 is 52.2. The Labute approximate surface area is 249 Å². The molecule has 8 nitrogen and oxygen atoms in total. The first-order chi connectivity index (χ1) is 20.5. The second-order valence-corrected chi connectivity index (χ2v) is 11.3. The quantitative estimate of drug-likeness (QED) is 0.278. The molecular weight excluding hydrogens is 563 g/mol. The van der Waals surface area contributed by atoms with Gasteiger partial charge in [-0.25, -0.2) is 4.79 Å². The predicted octanol–water partition coefficient (Wildman–Crippen LogP) is 5.65. The van der Waals surface area contributed by atoms with E-state index in [0.29, 0.717) is 43.8 Å². The van der Waals surface area contributed by atoms with E-state index in [1.807, 2.05) is 38.1 Å². The Hall–Kier alpha value is -3.86. The van der Waals surface area contributed by atoms with Gasteiger partial charge in [0.2, 0.25) is 0 Å². The molecule has 1 saturated heterocycles. The normalized spacial score (nSPS) is 20.9. The molecule has 1 fully saturated rings. The Kier molecular flexibility index (Phi) is 10.5. The van der Waals surface area contributed by atoms with Gasteiger partial charge in [-0.15, -0.1) is 0 Å². The lowest BCUT2D eigenvalue weighted by Crippen LogP contribution is -2.39. The maximum atomic E-state index is 13.7. The third kappa shape index (κ3) is 8.59. The van der Waals surface area contributed by atoms with Crippen LogP contribution in [-0.2, 0) is 31.7 Å². The summed E-state index contributed by atoms with van der Waals surface area (Å²) in [6.07, 6.45) is -1.49. The molecule has 232 valence electrons. The fraction of sp³-hybridized carbons (Fsp3) is 0.469. The number of cyclic esters (lactones) is 1. The van der Waals surface area contributed by atoms with Crippen LogP contribution in [0.25, 0.3) is 6.08 Å². The van der Waals surface area contributed by atoms with Gasteiger partial charge in [-0.1, -0.05) is 31.1 Å². The minimum Gasteiger partial charge on any atom is -0.462 e. The molecular formula is C32H38F3N3O5. The standard InChI is InChI=1S/C32H38F3N3O5/c1-31(2)21-36-29(39)27-12-9-25(32(33,34)35)20-23(27)19-24(30(40)43-15-5-4-6-28(31)37-41-3)18-22-7-10-26(11-8-22)38-13-16-42-17-14-38/h7-12,18,20H,4-6,13-17,19,21H2,1-3H3,(H,36,39)/b24-18+,37-28+. The number of amides is 1. The number of morpholine rings is 1. The van der Waals surface area contributed by atoms with Crippen molar-refractivity contribution in [2.24, 2.45) is 10.6 Å². The van der Waals surface area contributed by atoms with Crippen LogP contribution >= 0.6 is 0 Å². The van der Waals surface area contributed by atoms with Gasteiger partial charge in [0.25, 0.3) is 5.91 Å². The zero-order valence-corrected chi connectivity index (χ0v) is 24.8. The predicted molar refractivity (Wildman–Crippen MR) is 158 cm³/mol. The third-order valence-corrected chi connectivity index (χ3v) is 7.65. The number of halogens is 3. The Morgan fingerprint density at radius 1 is 1.02 bits per heavy atom. The van der Waals surface area contributed by atoms with Crippen LogP contribution in [0.1, 0.15) is 60.2 Å². The van der Waals surface area contributed by atoms with Gasteiger partial charge < -0.3 is 24.5 Å². The van der Waals surface area contributed by atoms with Crippen LogP contribution in [0.4, 0.5) is 18.9 Å². The zero-order valence-electron chi connectivity index (χ0n) is 24.8. The first kappa shape index (κ1) is 32.1. The second-order valence-electron chi connectivity index (χ2n) is 11.3. The topological polar surface area (TPSA) is 89.5 Å². The number of nitrogens with zero attached hydrogens (tertiary/aromatic N) is 2. The monoisotopic (exact) mass is 601 g/mol. The SMILES string of the molecule is CO/N=C1\CCCCOC(=O)/C(=C/c2ccc(N3CCOCC3)cc2)Cc2cc(C(F)(F)F)ccc2C(=O)NCC1(C)C. The highest BCUT2D eigenvalue weighted by atomic mass is 19.4. The van der Waals surface area contributed by atoms with Crippen LogP contribution in [0, 0.1) is 5.41 Å². The maximum absolute atomic E-state index is 13.7. The Balaban J connectivity index is 1.71. The highest BCUT2D eigenvalue weighted by molar-refractivity contribution is 5.99. The summed E-state index contributed by atoms with van der Waals surface area (Å²) in [5.41, 5.74) is 1.16. The van der Waals surface area contributed by atoms with Gasteiger partial charge in [0.05, 0.1) is 31.1 Å². The van der Waals surface area contributed by atoms with Gasteiger partial charge in [0.15, 0.2) is 0 Å². The molecule has 2 aliphatic rings. The number of benzene rings is 2. The molecule has 2 aromatic rings. The summed E-state index contributed by atoms with van der Waals surface area (Å²) >= 11 is 0. The Bertz CT molecular complexity index is 1350. The number of rotatable bonds is 3. The van der Waals surface area contributed by atoms with Gasteiger partial charge in [-0.05, 0) is 66.8 Å². The largest absolute Gasteiger partial charge is 0.462 e. The van der Waals surface area contributed by atoms with E-state index in [1.54, 1.807) is 6.08 Å². The van der Waals surface area contributed by atoms with Crippen LogP contribution in [0.2, 0.25) is 0 Å². The first-order valence-corrected chi connectivity index (χ1v) is 14.4. The van der Waals surface area contributed by atoms with Crippen LogP contribution in [0.3, 0.4) is 0 Å². The molecule has 1 amide bonds. The van der Waals surface area contributed by atoms with E-state index in [1.165, 1.54) is 7.11 Å². The van der Waals surface area contributed by atoms with Crippen molar-refractivity contribution in [1.82, 2.24) is 5.32 Å². The molecule has 1 N–H and O–H groups in total. The van der Waals surface area contributed by atoms with Crippen molar-refractivity contribution in [3.05, 3.63) is 70.3 Å². The number of alkyl halides is 3. The Morgan fingerprint density at radius 2 is 1.74 bits per heavy atom. The van der Waals surface area contributed by atoms with E-state index in [2.05, 4.69) is 15.4 Å². The molecule has 2 aliphatic heterocycles. The molecule has 0 spiro atoms. The summed E-state index contributed by atoms with van der Waals surface area (Å²) in [6, 6.07) is 10.5. The summed E-state index contributed by atoms with van der Waals surface area (Å²) in [6.45, 7) is 6.93. The van der Waals surface area contributed by atoms with E-state index in [4.69, 9.17) is 14.3 Å². The molecule has 2 aromatic carbocycles. The molecule has 0 atom stereocenters. The molecule has 11 heteroatoms. The van der Waals surface area contributed by atoms with Crippen LogP contribution in [-0.4, -0.2) is 64.2 Å². The number of hydrogen-bond donors (Lipinski definition) is 1. The average Bonchev–Trinajstić information content (AvgIpc) is 2.99. The fourth-order valence-electron chi connectivity index (χ4n) is 5.10. The smallest absolute Gasteiger partial charge is 0.416 e. The third-order valence-electron chi connectivity index (χ3n) is 7.65. The Morgan fingerprint density at radius 3 is 2.42 bits per heavy atom. The van der Waals surface area contributed by atoms with Gasteiger partial charge in [0, 0.05) is 48.3 Å². The van der Waals surface area contributed by atoms with E-state index < -0.39 is 29.0 Å². The molecule has 0 aliphatic carbocycles. The van der Waals surface area contributed by atoms with Crippen molar-refractivity contribution in [2.45, 2.75) is 45.7 Å². The number of anilines is 1. The van der Waals surface area contributed by atoms with E-state index >= 15 is 0 Å². The minimum absolute atomic E-state index is 0.0465. The molecule has 2 heterocycles. The number of fused-ring (bicyclic) bond motifs is 1. The molecule has 4 rings (SSSR count). The van der Waals surface area contributed by atoms with Gasteiger partial charge in [-0.3, -0.25) is 4.79 Å². The molecule has 0 radical (unpaired) electrons. The van der Waals surface area contributed by atoms with Crippen molar-refractivity contribution >= 4 is 29.4 Å². The van der Waals surface area contributed by atoms with Crippen molar-refractivity contribution in [3.63, 3.8) is 0 Å². The molecule has 0 unspecified atom stereocenters. The van der Waals surface area contributed by atoms with E-state index in [-0.39, 0.29) is 36.3 Å². The number of ether oxygens (including phenoxy) is 2. The fourth-order valence-corrected chi connectivity index (χ4v) is 5.10. The highest BCUT2D eigenvalue weighted by Gasteiger charge is 2.33. The number of nitrogens with one attached hydrogen (secondary N) is 1. The van der Waals surface area contributed by atoms with Crippen LogP contribution < -0.4 is 10.2 Å². The lowest BCUT2D eigenvalue weighted by atomic mass is 9.84. The summed E-state index contributed by atoms with van der Waals surface area (Å²) in [4.78, 5) is 33.9. The zero-order chi connectivity index (χ0) is 31.0. The van der Waals surface area contributed by atoms with Gasteiger partial charge in [-0.2, -0.15) is 13.2 Å². The lowest BCUT2D eigenvalue weighted by molar-refractivity contribution is -0.139. The maximum Gasteiger partial charge on any atom is 0.416 e. The molecule has 0 aromatic heterocycles.